The maximum atomic E-state index is 12.1. The predicted octanol–water partition coefficient (Wildman–Crippen LogP) is 3.15. The molecule has 6 nitrogen and oxygen atoms in total. The highest BCUT2D eigenvalue weighted by Crippen LogP contribution is 2.14. The Bertz CT molecular complexity index is 919. The smallest absolute Gasteiger partial charge is 0.240 e. The van der Waals surface area contributed by atoms with Crippen LogP contribution in [0.5, 0.6) is 0 Å². The SMILES string of the molecule is CC(=O)c1cccc(NC(=O)CCc2ccc(S(=O)(=O)NC(C)C)cc2)c1. The fraction of sp³-hybridized carbons (Fsp3) is 0.300. The molecule has 0 unspecified atom stereocenters. The monoisotopic (exact) mass is 388 g/mol. The van der Waals surface area contributed by atoms with E-state index in [0.29, 0.717) is 17.7 Å². The van der Waals surface area contributed by atoms with Crippen LogP contribution in [0.2, 0.25) is 0 Å². The Hall–Kier alpha value is -2.51. The van der Waals surface area contributed by atoms with Gasteiger partial charge in [0.05, 0.1) is 4.90 Å². The lowest BCUT2D eigenvalue weighted by Gasteiger charge is -2.10. The molecule has 1 amide bonds. The maximum Gasteiger partial charge on any atom is 0.240 e. The summed E-state index contributed by atoms with van der Waals surface area (Å²) in [5.41, 5.74) is 1.99. The lowest BCUT2D eigenvalue weighted by Crippen LogP contribution is -2.30. The van der Waals surface area contributed by atoms with E-state index in [1.165, 1.54) is 19.1 Å². The number of anilines is 1. The van der Waals surface area contributed by atoms with E-state index in [1.807, 2.05) is 0 Å². The summed E-state index contributed by atoms with van der Waals surface area (Å²) in [5, 5.41) is 2.77. The second-order valence-electron chi connectivity index (χ2n) is 6.61. The van der Waals surface area contributed by atoms with Crippen LogP contribution in [-0.2, 0) is 21.2 Å². The van der Waals surface area contributed by atoms with Crippen LogP contribution in [0, 0.1) is 0 Å². The van der Waals surface area contributed by atoms with Gasteiger partial charge in [0.15, 0.2) is 5.78 Å². The van der Waals surface area contributed by atoms with E-state index in [4.69, 9.17) is 0 Å². The Kier molecular flexibility index (Phi) is 6.87. The summed E-state index contributed by atoms with van der Waals surface area (Å²) in [7, 11) is -3.52. The molecular weight excluding hydrogens is 364 g/mol. The molecule has 0 aliphatic carbocycles. The molecule has 0 bridgehead atoms. The first-order chi connectivity index (χ1) is 12.7. The number of sulfonamides is 1. The van der Waals surface area contributed by atoms with Gasteiger partial charge in [-0.1, -0.05) is 24.3 Å². The van der Waals surface area contributed by atoms with Gasteiger partial charge >= 0.3 is 0 Å². The predicted molar refractivity (Wildman–Crippen MR) is 105 cm³/mol. The van der Waals surface area contributed by atoms with E-state index in [-0.39, 0.29) is 29.0 Å². The van der Waals surface area contributed by atoms with Crippen molar-refractivity contribution < 1.29 is 18.0 Å². The molecule has 144 valence electrons. The van der Waals surface area contributed by atoms with Crippen LogP contribution >= 0.6 is 0 Å². The number of carbonyl (C=O) groups is 2. The molecule has 0 atom stereocenters. The largest absolute Gasteiger partial charge is 0.326 e. The zero-order valence-electron chi connectivity index (χ0n) is 15.7. The third-order valence-corrected chi connectivity index (χ3v) is 5.49. The van der Waals surface area contributed by atoms with E-state index >= 15 is 0 Å². The Balaban J connectivity index is 1.94. The zero-order chi connectivity index (χ0) is 20.0. The van der Waals surface area contributed by atoms with Crippen molar-refractivity contribution in [3.05, 3.63) is 59.7 Å². The number of hydrogen-bond donors (Lipinski definition) is 2. The van der Waals surface area contributed by atoms with Crippen LogP contribution in [0.15, 0.2) is 53.4 Å². The summed E-state index contributed by atoms with van der Waals surface area (Å²) in [6, 6.07) is 13.1. The van der Waals surface area contributed by atoms with Crippen LogP contribution in [0.3, 0.4) is 0 Å². The van der Waals surface area contributed by atoms with Crippen LogP contribution in [0.1, 0.15) is 43.1 Å². The molecule has 0 aromatic heterocycles. The zero-order valence-corrected chi connectivity index (χ0v) is 16.5. The van der Waals surface area contributed by atoms with Crippen molar-refractivity contribution in [2.75, 3.05) is 5.32 Å². The lowest BCUT2D eigenvalue weighted by molar-refractivity contribution is -0.116. The highest BCUT2D eigenvalue weighted by atomic mass is 32.2. The Morgan fingerprint density at radius 2 is 1.70 bits per heavy atom. The number of Topliss-reactive ketones (excluding diaryl/α,β-unsaturated/α-hetero) is 1. The molecular formula is C20H24N2O4S. The van der Waals surface area contributed by atoms with Gasteiger partial charge in [-0.15, -0.1) is 0 Å². The highest BCUT2D eigenvalue weighted by Gasteiger charge is 2.15. The number of aryl methyl sites for hydroxylation is 1. The second kappa shape index (κ2) is 8.92. The number of benzene rings is 2. The fourth-order valence-electron chi connectivity index (χ4n) is 2.51. The average molecular weight is 388 g/mol. The van der Waals surface area contributed by atoms with Gasteiger partial charge < -0.3 is 5.32 Å². The molecule has 7 heteroatoms. The van der Waals surface area contributed by atoms with Gasteiger partial charge in [-0.25, -0.2) is 13.1 Å². The van der Waals surface area contributed by atoms with E-state index in [1.54, 1.807) is 50.2 Å². The van der Waals surface area contributed by atoms with Gasteiger partial charge in [0.25, 0.3) is 0 Å². The van der Waals surface area contributed by atoms with Crippen molar-refractivity contribution in [3.63, 3.8) is 0 Å². The van der Waals surface area contributed by atoms with Gasteiger partial charge in [-0.05, 0) is 57.0 Å². The molecule has 0 spiro atoms. The minimum absolute atomic E-state index is 0.0619. The lowest BCUT2D eigenvalue weighted by atomic mass is 10.1. The number of nitrogens with one attached hydrogen (secondary N) is 2. The third kappa shape index (κ3) is 6.30. The topological polar surface area (TPSA) is 92.3 Å². The van der Waals surface area contributed by atoms with Crippen LogP contribution in [-0.4, -0.2) is 26.2 Å². The minimum atomic E-state index is -3.52. The second-order valence-corrected chi connectivity index (χ2v) is 8.32. The van der Waals surface area contributed by atoms with Gasteiger partial charge in [0.2, 0.25) is 15.9 Å². The van der Waals surface area contributed by atoms with Crippen LogP contribution in [0.4, 0.5) is 5.69 Å². The molecule has 0 saturated heterocycles. The Morgan fingerprint density at radius 1 is 1.04 bits per heavy atom. The van der Waals surface area contributed by atoms with Gasteiger partial charge in [0, 0.05) is 23.7 Å². The fourth-order valence-corrected chi connectivity index (χ4v) is 3.76. The number of amides is 1. The number of carbonyl (C=O) groups excluding carboxylic acids is 2. The van der Waals surface area contributed by atoms with Crippen molar-refractivity contribution in [3.8, 4) is 0 Å². The van der Waals surface area contributed by atoms with Gasteiger partial charge in [-0.2, -0.15) is 0 Å². The molecule has 0 radical (unpaired) electrons. The van der Waals surface area contributed by atoms with Crippen LogP contribution < -0.4 is 10.0 Å². The maximum absolute atomic E-state index is 12.1. The Morgan fingerprint density at radius 3 is 2.30 bits per heavy atom. The molecule has 2 rings (SSSR count). The summed E-state index contributed by atoms with van der Waals surface area (Å²) in [6.07, 6.45) is 0.733. The van der Waals surface area contributed by atoms with Gasteiger partial charge in [-0.3, -0.25) is 9.59 Å². The normalized spacial score (nSPS) is 11.4. The van der Waals surface area contributed by atoms with Crippen molar-refractivity contribution >= 4 is 27.4 Å². The molecule has 0 aliphatic rings. The van der Waals surface area contributed by atoms with Crippen molar-refractivity contribution in [1.29, 1.82) is 0 Å². The number of rotatable bonds is 8. The minimum Gasteiger partial charge on any atom is -0.326 e. The van der Waals surface area contributed by atoms with Crippen molar-refractivity contribution in [2.45, 2.75) is 44.6 Å². The van der Waals surface area contributed by atoms with E-state index in [0.717, 1.165) is 5.56 Å². The Labute approximate surface area is 160 Å². The first-order valence-corrected chi connectivity index (χ1v) is 10.2. The van der Waals surface area contributed by atoms with Crippen molar-refractivity contribution in [2.24, 2.45) is 0 Å². The summed E-state index contributed by atoms with van der Waals surface area (Å²) >= 11 is 0. The first-order valence-electron chi connectivity index (χ1n) is 8.69. The summed E-state index contributed by atoms with van der Waals surface area (Å²) in [6.45, 7) is 4.99. The van der Waals surface area contributed by atoms with E-state index in [2.05, 4.69) is 10.0 Å². The first kappa shape index (κ1) is 20.8. The number of ketones is 1. The molecule has 0 saturated carbocycles. The van der Waals surface area contributed by atoms with Crippen molar-refractivity contribution in [1.82, 2.24) is 4.72 Å². The van der Waals surface area contributed by atoms with E-state index < -0.39 is 10.0 Å². The van der Waals surface area contributed by atoms with E-state index in [9.17, 15) is 18.0 Å². The average Bonchev–Trinajstić information content (AvgIpc) is 2.59. The van der Waals surface area contributed by atoms with Gasteiger partial charge in [0.1, 0.15) is 0 Å². The highest BCUT2D eigenvalue weighted by molar-refractivity contribution is 7.89. The molecule has 0 aliphatic heterocycles. The third-order valence-electron chi connectivity index (χ3n) is 3.82. The molecule has 2 N–H and O–H groups in total. The number of hydrogen-bond acceptors (Lipinski definition) is 4. The summed E-state index contributed by atoms with van der Waals surface area (Å²) in [5.74, 6) is -0.234. The molecule has 0 fully saturated rings. The quantitative estimate of drug-likeness (QED) is 0.680. The molecule has 2 aromatic carbocycles. The summed E-state index contributed by atoms with van der Waals surface area (Å²) < 4.78 is 26.7. The standard InChI is InChI=1S/C20H24N2O4S/c1-14(2)22-27(25,26)19-10-7-16(8-11-19)9-12-20(24)21-18-6-4-5-17(13-18)15(3)23/h4-8,10-11,13-14,22H,9,12H2,1-3H3,(H,21,24). The molecule has 0 heterocycles. The summed E-state index contributed by atoms with van der Waals surface area (Å²) in [4.78, 5) is 23.7. The molecule has 2 aromatic rings. The molecule has 27 heavy (non-hydrogen) atoms. The van der Waals surface area contributed by atoms with Crippen LogP contribution in [0.25, 0.3) is 0 Å².